The van der Waals surface area contributed by atoms with E-state index in [1.807, 2.05) is 0 Å². The average molecular weight is 164 g/mol. The van der Waals surface area contributed by atoms with Gasteiger partial charge in [-0.05, 0) is 5.92 Å². The minimum atomic E-state index is 0. The van der Waals surface area contributed by atoms with E-state index in [4.69, 9.17) is 0 Å². The Hall–Kier alpha value is 0.597. The minimum Gasteiger partial charge on any atom is -1.00 e. The molecule has 70 valence electrons. The van der Waals surface area contributed by atoms with Crippen molar-refractivity contribution in [3.63, 3.8) is 0 Å². The third kappa shape index (κ3) is 8.69. The number of hydrogen-bond acceptors (Lipinski definition) is 0. The summed E-state index contributed by atoms with van der Waals surface area (Å²) in [4.78, 5) is 0. The van der Waals surface area contributed by atoms with Gasteiger partial charge in [-0.1, -0.05) is 65.7 Å². The van der Waals surface area contributed by atoms with Crippen LogP contribution in [0.5, 0.6) is 0 Å². The van der Waals surface area contributed by atoms with Crippen LogP contribution in [0.15, 0.2) is 0 Å². The van der Waals surface area contributed by atoms with Crippen molar-refractivity contribution < 1.29 is 20.3 Å². The first kappa shape index (κ1) is 15.1. The van der Waals surface area contributed by atoms with Crippen LogP contribution in [0, 0.1) is 5.92 Å². The zero-order valence-corrected chi connectivity index (χ0v) is 9.53. The maximum Gasteiger partial charge on any atom is 1.00 e. The average Bonchev–Trinajstić information content (AvgIpc) is 2.05. The Balaban J connectivity index is -0.000000500. The molecule has 0 radical (unpaired) electrons. The van der Waals surface area contributed by atoms with Gasteiger partial charge in [0.2, 0.25) is 0 Å². The topological polar surface area (TPSA) is 0 Å². The molecule has 0 amide bonds. The second-order valence-corrected chi connectivity index (χ2v) is 3.56. The second kappa shape index (κ2) is 11.6. The van der Waals surface area contributed by atoms with Crippen molar-refractivity contribution in [1.29, 1.82) is 0 Å². The van der Waals surface area contributed by atoms with Gasteiger partial charge in [0.05, 0.1) is 0 Å². The Kier molecular flexibility index (Phi) is 14.6. The predicted octanol–water partition coefficient (Wildman–Crippen LogP) is 1.51. The largest absolute Gasteiger partial charge is 1.00 e. The SMILES string of the molecule is CCCCC(CC)CCCC.[H-].[Li+]. The second-order valence-electron chi connectivity index (χ2n) is 3.56. The molecule has 0 aliphatic rings. The monoisotopic (exact) mass is 164 g/mol. The van der Waals surface area contributed by atoms with E-state index >= 15 is 0 Å². The van der Waals surface area contributed by atoms with Gasteiger partial charge in [0.15, 0.2) is 0 Å². The first-order chi connectivity index (χ1) is 5.35. The van der Waals surface area contributed by atoms with Crippen molar-refractivity contribution in [2.45, 2.75) is 65.7 Å². The number of unbranched alkanes of at least 4 members (excludes halogenated alkanes) is 2. The van der Waals surface area contributed by atoms with Crippen LogP contribution in [0.3, 0.4) is 0 Å². The molecule has 0 rings (SSSR count). The first-order valence-corrected chi connectivity index (χ1v) is 5.35. The summed E-state index contributed by atoms with van der Waals surface area (Å²) < 4.78 is 0. The van der Waals surface area contributed by atoms with Crippen molar-refractivity contribution in [1.82, 2.24) is 0 Å². The summed E-state index contributed by atoms with van der Waals surface area (Å²) in [5, 5.41) is 0. The summed E-state index contributed by atoms with van der Waals surface area (Å²) in [5.41, 5.74) is 0. The standard InChI is InChI=1S/C11H24.Li.H/c1-4-7-9-11(6-3)10-8-5-2;;/h11H,4-10H2,1-3H3;;/q;+1;-1. The molecule has 0 aromatic carbocycles. The van der Waals surface area contributed by atoms with Crippen LogP contribution >= 0.6 is 0 Å². The Morgan fingerprint density at radius 1 is 0.917 bits per heavy atom. The van der Waals surface area contributed by atoms with Gasteiger partial charge < -0.3 is 1.43 Å². The summed E-state index contributed by atoms with van der Waals surface area (Å²) in [6, 6.07) is 0. The van der Waals surface area contributed by atoms with E-state index in [9.17, 15) is 0 Å². The third-order valence-corrected chi connectivity index (χ3v) is 2.51. The number of hydrogen-bond donors (Lipinski definition) is 0. The molecule has 0 saturated heterocycles. The summed E-state index contributed by atoms with van der Waals surface area (Å²) in [7, 11) is 0. The van der Waals surface area contributed by atoms with Crippen LogP contribution in [0.2, 0.25) is 0 Å². The van der Waals surface area contributed by atoms with Gasteiger partial charge in [-0.3, -0.25) is 0 Å². The molecule has 0 fully saturated rings. The summed E-state index contributed by atoms with van der Waals surface area (Å²) in [6.07, 6.45) is 9.91. The Morgan fingerprint density at radius 3 is 1.58 bits per heavy atom. The molecular formula is C11H25Li. The molecule has 0 aromatic rings. The fraction of sp³-hybridized carbons (Fsp3) is 1.00. The Bertz CT molecular complexity index is 68.5. The van der Waals surface area contributed by atoms with Gasteiger partial charge in [-0.2, -0.15) is 0 Å². The van der Waals surface area contributed by atoms with Crippen molar-refractivity contribution >= 4 is 0 Å². The first-order valence-electron chi connectivity index (χ1n) is 5.35. The zero-order chi connectivity index (χ0) is 8.53. The van der Waals surface area contributed by atoms with E-state index in [0.717, 1.165) is 5.92 Å². The van der Waals surface area contributed by atoms with Crippen LogP contribution in [-0.4, -0.2) is 0 Å². The molecule has 0 saturated carbocycles. The van der Waals surface area contributed by atoms with E-state index < -0.39 is 0 Å². The third-order valence-electron chi connectivity index (χ3n) is 2.51. The van der Waals surface area contributed by atoms with Gasteiger partial charge >= 0.3 is 18.9 Å². The quantitative estimate of drug-likeness (QED) is 0.500. The van der Waals surface area contributed by atoms with E-state index in [1.165, 1.54) is 44.9 Å². The smallest absolute Gasteiger partial charge is 1.00 e. The molecule has 12 heavy (non-hydrogen) atoms. The molecule has 1 heteroatoms. The fourth-order valence-corrected chi connectivity index (χ4v) is 1.54. The fourth-order valence-electron chi connectivity index (χ4n) is 1.54. The van der Waals surface area contributed by atoms with E-state index in [2.05, 4.69) is 20.8 Å². The van der Waals surface area contributed by atoms with Crippen molar-refractivity contribution in [3.05, 3.63) is 0 Å². The normalized spacial score (nSPS) is 10.0. The molecule has 0 spiro atoms. The van der Waals surface area contributed by atoms with Gasteiger partial charge in [-0.25, -0.2) is 0 Å². The molecule has 0 aliphatic carbocycles. The molecule has 0 heterocycles. The Labute approximate surface area is 92.2 Å². The van der Waals surface area contributed by atoms with Crippen LogP contribution in [0.25, 0.3) is 0 Å². The van der Waals surface area contributed by atoms with Crippen LogP contribution < -0.4 is 18.9 Å². The predicted molar refractivity (Wildman–Crippen MR) is 53.9 cm³/mol. The number of rotatable bonds is 7. The van der Waals surface area contributed by atoms with E-state index in [-0.39, 0.29) is 20.3 Å². The Morgan fingerprint density at radius 2 is 1.33 bits per heavy atom. The molecule has 0 aliphatic heterocycles. The van der Waals surface area contributed by atoms with Gasteiger partial charge in [-0.15, -0.1) is 0 Å². The van der Waals surface area contributed by atoms with Crippen molar-refractivity contribution in [3.8, 4) is 0 Å². The molecule has 0 atom stereocenters. The minimum absolute atomic E-state index is 0. The maximum atomic E-state index is 2.33. The van der Waals surface area contributed by atoms with Crippen LogP contribution in [0.4, 0.5) is 0 Å². The molecule has 0 N–H and O–H groups in total. The zero-order valence-electron chi connectivity index (χ0n) is 10.5. The van der Waals surface area contributed by atoms with Crippen molar-refractivity contribution in [2.75, 3.05) is 0 Å². The molecule has 0 unspecified atom stereocenters. The molecule has 0 nitrogen and oxygen atoms in total. The van der Waals surface area contributed by atoms with Crippen LogP contribution in [-0.2, 0) is 0 Å². The molecule has 0 aromatic heterocycles. The summed E-state index contributed by atoms with van der Waals surface area (Å²) in [6.45, 7) is 6.90. The van der Waals surface area contributed by atoms with E-state index in [0.29, 0.717) is 0 Å². The summed E-state index contributed by atoms with van der Waals surface area (Å²) in [5.74, 6) is 1.02. The molecule has 0 bridgehead atoms. The van der Waals surface area contributed by atoms with Gasteiger partial charge in [0, 0.05) is 0 Å². The van der Waals surface area contributed by atoms with E-state index in [1.54, 1.807) is 0 Å². The van der Waals surface area contributed by atoms with Crippen molar-refractivity contribution in [2.24, 2.45) is 5.92 Å². The summed E-state index contributed by atoms with van der Waals surface area (Å²) >= 11 is 0. The maximum absolute atomic E-state index is 2.33. The van der Waals surface area contributed by atoms with Gasteiger partial charge in [0.1, 0.15) is 0 Å². The van der Waals surface area contributed by atoms with Gasteiger partial charge in [0.25, 0.3) is 0 Å². The van der Waals surface area contributed by atoms with Crippen LogP contribution in [0.1, 0.15) is 67.1 Å². The molecular weight excluding hydrogens is 139 g/mol.